The molecule has 0 spiro atoms. The molecule has 17 heavy (non-hydrogen) atoms. The molecule has 1 heterocycles. The first-order valence-electron chi connectivity index (χ1n) is 5.05. The molecule has 6 nitrogen and oxygen atoms in total. The Morgan fingerprint density at radius 3 is 2.82 bits per heavy atom. The summed E-state index contributed by atoms with van der Waals surface area (Å²) in [4.78, 5) is 17.1. The van der Waals surface area contributed by atoms with Gasteiger partial charge in [-0.1, -0.05) is 5.16 Å². The number of thiazole rings is 1. The molecule has 0 fully saturated rings. The van der Waals surface area contributed by atoms with Gasteiger partial charge in [0, 0.05) is 11.1 Å². The summed E-state index contributed by atoms with van der Waals surface area (Å²) in [5, 5.41) is 15.0. The monoisotopic (exact) mass is 256 g/mol. The highest BCUT2D eigenvalue weighted by atomic mass is 32.1. The third-order valence-electron chi connectivity index (χ3n) is 2.39. The maximum absolute atomic E-state index is 11.8. The lowest BCUT2D eigenvalue weighted by Crippen LogP contribution is -2.45. The molecular formula is C10H16N4O2S. The summed E-state index contributed by atoms with van der Waals surface area (Å²) in [6, 6.07) is 0. The van der Waals surface area contributed by atoms with Crippen LogP contribution < -0.4 is 11.1 Å². The van der Waals surface area contributed by atoms with Crippen LogP contribution in [0.15, 0.2) is 11.4 Å². The molecule has 1 aromatic heterocycles. The molecule has 0 aromatic carbocycles. The molecule has 0 aliphatic heterocycles. The molecule has 0 aliphatic rings. The van der Waals surface area contributed by atoms with Crippen molar-refractivity contribution in [3.8, 4) is 0 Å². The van der Waals surface area contributed by atoms with E-state index in [9.17, 15) is 4.79 Å². The van der Waals surface area contributed by atoms with Gasteiger partial charge in [0.2, 0.25) is 5.91 Å². The van der Waals surface area contributed by atoms with E-state index >= 15 is 0 Å². The van der Waals surface area contributed by atoms with Gasteiger partial charge in [-0.3, -0.25) is 4.79 Å². The van der Waals surface area contributed by atoms with Crippen LogP contribution in [-0.4, -0.2) is 21.9 Å². The maximum atomic E-state index is 11.8. The molecule has 0 unspecified atom stereocenters. The van der Waals surface area contributed by atoms with Crippen LogP contribution in [0.3, 0.4) is 0 Å². The van der Waals surface area contributed by atoms with Crippen molar-refractivity contribution in [3.05, 3.63) is 16.1 Å². The van der Waals surface area contributed by atoms with Crippen molar-refractivity contribution in [2.75, 3.05) is 0 Å². The van der Waals surface area contributed by atoms with Crippen molar-refractivity contribution in [2.24, 2.45) is 16.3 Å². The van der Waals surface area contributed by atoms with E-state index in [1.165, 1.54) is 11.3 Å². The lowest BCUT2D eigenvalue weighted by atomic mass is 9.91. The standard InChI is InChI=1S/C10H16N4O2S/c1-6-4-12-7(17-6)5-13-9(15)10(2,3)8(11)14-16/h4,16H,5H2,1-3H3,(H2,11,14)(H,13,15). The Hall–Kier alpha value is -1.63. The minimum Gasteiger partial charge on any atom is -0.409 e. The topological polar surface area (TPSA) is 101 Å². The van der Waals surface area contributed by atoms with Gasteiger partial charge in [-0.25, -0.2) is 4.98 Å². The molecule has 0 aliphatic carbocycles. The number of aromatic nitrogens is 1. The van der Waals surface area contributed by atoms with Crippen molar-refractivity contribution in [2.45, 2.75) is 27.3 Å². The molecule has 1 aromatic rings. The molecule has 0 radical (unpaired) electrons. The number of carbonyl (C=O) groups excluding carboxylic acids is 1. The highest BCUT2D eigenvalue weighted by Gasteiger charge is 2.32. The molecule has 1 rings (SSSR count). The van der Waals surface area contributed by atoms with Crippen LogP contribution in [-0.2, 0) is 11.3 Å². The van der Waals surface area contributed by atoms with Crippen LogP contribution in [0.1, 0.15) is 23.7 Å². The second-order valence-corrected chi connectivity index (χ2v) is 5.48. The first kappa shape index (κ1) is 13.4. The second-order valence-electron chi connectivity index (χ2n) is 4.16. The van der Waals surface area contributed by atoms with Crippen molar-refractivity contribution in [1.82, 2.24) is 10.3 Å². The molecule has 7 heteroatoms. The number of aryl methyl sites for hydroxylation is 1. The second kappa shape index (κ2) is 5.13. The quantitative estimate of drug-likeness (QED) is 0.321. The summed E-state index contributed by atoms with van der Waals surface area (Å²) in [6.07, 6.45) is 1.75. The Kier molecular flexibility index (Phi) is 4.06. The number of amides is 1. The molecule has 1 amide bonds. The van der Waals surface area contributed by atoms with E-state index in [1.807, 2.05) is 6.92 Å². The van der Waals surface area contributed by atoms with E-state index in [2.05, 4.69) is 15.5 Å². The lowest BCUT2D eigenvalue weighted by Gasteiger charge is -2.21. The summed E-state index contributed by atoms with van der Waals surface area (Å²) in [5.41, 5.74) is 4.41. The van der Waals surface area contributed by atoms with Gasteiger partial charge in [0.25, 0.3) is 0 Å². The Morgan fingerprint density at radius 2 is 2.35 bits per heavy atom. The van der Waals surface area contributed by atoms with Crippen molar-refractivity contribution < 1.29 is 10.0 Å². The zero-order valence-electron chi connectivity index (χ0n) is 10.0. The lowest BCUT2D eigenvalue weighted by molar-refractivity contribution is -0.126. The van der Waals surface area contributed by atoms with Crippen molar-refractivity contribution in [1.29, 1.82) is 0 Å². The van der Waals surface area contributed by atoms with E-state index in [4.69, 9.17) is 10.9 Å². The predicted octanol–water partition coefficient (Wildman–Crippen LogP) is 0.840. The Morgan fingerprint density at radius 1 is 1.71 bits per heavy atom. The Bertz CT molecular complexity index is 439. The van der Waals surface area contributed by atoms with Gasteiger partial charge < -0.3 is 16.3 Å². The number of nitrogens with two attached hydrogens (primary N) is 1. The van der Waals surface area contributed by atoms with Gasteiger partial charge in [0.1, 0.15) is 10.4 Å². The molecule has 0 bridgehead atoms. The molecule has 0 saturated heterocycles. The highest BCUT2D eigenvalue weighted by molar-refractivity contribution is 7.11. The van der Waals surface area contributed by atoms with Crippen molar-refractivity contribution in [3.63, 3.8) is 0 Å². The number of amidine groups is 1. The van der Waals surface area contributed by atoms with E-state index in [-0.39, 0.29) is 11.7 Å². The van der Waals surface area contributed by atoms with Crippen LogP contribution in [0.5, 0.6) is 0 Å². The first-order chi connectivity index (χ1) is 7.87. The summed E-state index contributed by atoms with van der Waals surface area (Å²) in [7, 11) is 0. The Labute approximate surface area is 104 Å². The molecular weight excluding hydrogens is 240 g/mol. The SMILES string of the molecule is Cc1cnc(CNC(=O)C(C)(C)C(N)=NO)s1. The fourth-order valence-corrected chi connectivity index (χ4v) is 1.83. The summed E-state index contributed by atoms with van der Waals surface area (Å²) in [6.45, 7) is 5.47. The number of rotatable bonds is 4. The van der Waals surface area contributed by atoms with Gasteiger partial charge in [-0.2, -0.15) is 0 Å². The molecule has 94 valence electrons. The van der Waals surface area contributed by atoms with Gasteiger partial charge in [-0.05, 0) is 20.8 Å². The van der Waals surface area contributed by atoms with Gasteiger partial charge in [0.05, 0.1) is 6.54 Å². The third-order valence-corrected chi connectivity index (χ3v) is 3.30. The van der Waals surface area contributed by atoms with Crippen LogP contribution in [0, 0.1) is 12.3 Å². The fourth-order valence-electron chi connectivity index (χ4n) is 1.10. The summed E-state index contributed by atoms with van der Waals surface area (Å²) >= 11 is 1.52. The maximum Gasteiger partial charge on any atom is 0.233 e. The summed E-state index contributed by atoms with van der Waals surface area (Å²) < 4.78 is 0. The number of hydrogen-bond donors (Lipinski definition) is 3. The van der Waals surface area contributed by atoms with Crippen molar-refractivity contribution >= 4 is 23.1 Å². The van der Waals surface area contributed by atoms with Crippen LogP contribution in [0.4, 0.5) is 0 Å². The van der Waals surface area contributed by atoms with Gasteiger partial charge >= 0.3 is 0 Å². The number of hydrogen-bond acceptors (Lipinski definition) is 5. The predicted molar refractivity (Wildman–Crippen MR) is 65.9 cm³/mol. The number of oxime groups is 1. The fraction of sp³-hybridized carbons (Fsp3) is 0.500. The molecule has 0 saturated carbocycles. The number of nitrogens with zero attached hydrogens (tertiary/aromatic N) is 2. The molecule has 0 atom stereocenters. The Balaban J connectivity index is 2.61. The van der Waals surface area contributed by atoms with Crippen LogP contribution in [0.25, 0.3) is 0 Å². The highest BCUT2D eigenvalue weighted by Crippen LogP contribution is 2.16. The average Bonchev–Trinajstić information content (AvgIpc) is 2.70. The average molecular weight is 256 g/mol. The summed E-state index contributed by atoms with van der Waals surface area (Å²) in [5.74, 6) is -0.425. The zero-order valence-corrected chi connectivity index (χ0v) is 10.8. The smallest absolute Gasteiger partial charge is 0.233 e. The van der Waals surface area contributed by atoms with Gasteiger partial charge in [0.15, 0.2) is 5.84 Å². The van der Waals surface area contributed by atoms with E-state index in [0.29, 0.717) is 6.54 Å². The first-order valence-corrected chi connectivity index (χ1v) is 5.87. The van der Waals surface area contributed by atoms with Gasteiger partial charge in [-0.15, -0.1) is 11.3 Å². The minimum absolute atomic E-state index is 0.120. The largest absolute Gasteiger partial charge is 0.409 e. The third kappa shape index (κ3) is 3.16. The zero-order chi connectivity index (χ0) is 13.1. The van der Waals surface area contributed by atoms with Crippen LogP contribution in [0.2, 0.25) is 0 Å². The molecule has 4 N–H and O–H groups in total. The normalized spacial score (nSPS) is 12.5. The van der Waals surface area contributed by atoms with Crippen LogP contribution >= 0.6 is 11.3 Å². The van der Waals surface area contributed by atoms with E-state index < -0.39 is 5.41 Å². The van der Waals surface area contributed by atoms with E-state index in [0.717, 1.165) is 9.88 Å². The minimum atomic E-state index is -1.04. The van der Waals surface area contributed by atoms with E-state index in [1.54, 1.807) is 20.0 Å². The number of carbonyl (C=O) groups is 1. The number of nitrogens with one attached hydrogen (secondary N) is 1.